The monoisotopic (exact) mass is 466 g/mol. The summed E-state index contributed by atoms with van der Waals surface area (Å²) in [5.74, 6) is 0. The lowest BCUT2D eigenvalue weighted by atomic mass is 10.0. The number of benzene rings is 2. The molecule has 5 aromatic rings. The van der Waals surface area contributed by atoms with Gasteiger partial charge in [0.25, 0.3) is 0 Å². The third-order valence-corrected chi connectivity index (χ3v) is 7.27. The molecule has 1 fully saturated rings. The third kappa shape index (κ3) is 4.50. The van der Waals surface area contributed by atoms with E-state index in [1.165, 1.54) is 16.0 Å². The van der Waals surface area contributed by atoms with Crippen molar-refractivity contribution < 1.29 is 0 Å². The van der Waals surface area contributed by atoms with Crippen LogP contribution in [0.1, 0.15) is 5.56 Å². The van der Waals surface area contributed by atoms with Crippen molar-refractivity contribution in [1.29, 1.82) is 0 Å². The van der Waals surface area contributed by atoms with Crippen molar-refractivity contribution in [2.75, 3.05) is 26.2 Å². The molecule has 0 bridgehead atoms. The van der Waals surface area contributed by atoms with E-state index in [-0.39, 0.29) is 0 Å². The van der Waals surface area contributed by atoms with Crippen LogP contribution < -0.4 is 5.32 Å². The highest BCUT2D eigenvalue weighted by Gasteiger charge is 2.13. The molecule has 1 aliphatic heterocycles. The Morgan fingerprint density at radius 2 is 1.71 bits per heavy atom. The van der Waals surface area contributed by atoms with Crippen LogP contribution in [-0.2, 0) is 6.54 Å². The summed E-state index contributed by atoms with van der Waals surface area (Å²) in [7, 11) is 0. The molecule has 0 aliphatic carbocycles. The summed E-state index contributed by atoms with van der Waals surface area (Å²) in [6.45, 7) is 5.02. The molecule has 0 amide bonds. The van der Waals surface area contributed by atoms with Crippen LogP contribution in [0, 0.1) is 0 Å². The van der Waals surface area contributed by atoms with Gasteiger partial charge in [-0.25, -0.2) is 9.29 Å². The fourth-order valence-corrected chi connectivity index (χ4v) is 5.27. The molecule has 0 atom stereocenters. The molecule has 2 aromatic carbocycles. The normalized spacial score (nSPS) is 14.6. The first-order chi connectivity index (χ1) is 16.8. The Bertz CT molecular complexity index is 1380. The van der Waals surface area contributed by atoms with Crippen LogP contribution in [0.4, 0.5) is 0 Å². The number of hydrogen-bond acceptors (Lipinski definition) is 5. The summed E-state index contributed by atoms with van der Waals surface area (Å²) in [5, 5.41) is 9.09. The zero-order valence-corrected chi connectivity index (χ0v) is 19.6. The van der Waals surface area contributed by atoms with Crippen molar-refractivity contribution in [2.45, 2.75) is 11.4 Å². The predicted molar refractivity (Wildman–Crippen MR) is 139 cm³/mol. The molecule has 3 aromatic heterocycles. The largest absolute Gasteiger partial charge is 0.346 e. The Hall–Kier alpha value is -3.39. The van der Waals surface area contributed by atoms with Crippen molar-refractivity contribution >= 4 is 23.0 Å². The van der Waals surface area contributed by atoms with E-state index in [0.717, 1.165) is 60.4 Å². The van der Waals surface area contributed by atoms with Gasteiger partial charge < -0.3 is 10.3 Å². The number of aromatic nitrogens is 4. The maximum Gasteiger partial charge on any atom is 0.137 e. The summed E-state index contributed by atoms with van der Waals surface area (Å²) in [5.41, 5.74) is 6.62. The van der Waals surface area contributed by atoms with E-state index in [9.17, 15) is 0 Å². The van der Waals surface area contributed by atoms with Crippen LogP contribution in [0.5, 0.6) is 0 Å². The summed E-state index contributed by atoms with van der Waals surface area (Å²) in [4.78, 5) is 9.28. The highest BCUT2D eigenvalue weighted by atomic mass is 32.2. The minimum absolute atomic E-state index is 0.755. The van der Waals surface area contributed by atoms with Gasteiger partial charge in [0, 0.05) is 71.7 Å². The molecule has 6 rings (SSSR count). The highest BCUT2D eigenvalue weighted by Crippen LogP contribution is 2.32. The minimum atomic E-state index is 0.755. The number of aromatic amines is 1. The van der Waals surface area contributed by atoms with Crippen molar-refractivity contribution in [3.8, 4) is 22.3 Å². The van der Waals surface area contributed by atoms with Gasteiger partial charge in [-0.3, -0.25) is 4.68 Å². The van der Waals surface area contributed by atoms with E-state index in [2.05, 4.69) is 80.5 Å². The number of piperazine rings is 1. The zero-order chi connectivity index (χ0) is 22.7. The Kier molecular flexibility index (Phi) is 5.89. The van der Waals surface area contributed by atoms with Gasteiger partial charge in [0.15, 0.2) is 0 Å². The van der Waals surface area contributed by atoms with Gasteiger partial charge in [0.05, 0.1) is 12.7 Å². The average molecular weight is 467 g/mol. The minimum Gasteiger partial charge on any atom is -0.346 e. The Balaban J connectivity index is 1.24. The number of rotatable bonds is 6. The number of fused-ring (bicyclic) bond motifs is 1. The molecule has 0 spiro atoms. The van der Waals surface area contributed by atoms with Gasteiger partial charge >= 0.3 is 0 Å². The highest BCUT2D eigenvalue weighted by molar-refractivity contribution is 7.97. The summed E-state index contributed by atoms with van der Waals surface area (Å²) in [6.07, 6.45) is 8.00. The second-order valence-electron chi connectivity index (χ2n) is 8.53. The van der Waals surface area contributed by atoms with Gasteiger partial charge in [-0.2, -0.15) is 5.10 Å². The van der Waals surface area contributed by atoms with Crippen LogP contribution in [0.25, 0.3) is 33.3 Å². The standard InChI is InChI=1S/C27H26N6S/c1-2-4-20(5-3-1)18-32-19-23(16-31-32)26-17-30-27-25(26)14-22(15-29-27)21-6-8-24(9-7-21)34-33-12-10-28-11-13-33/h1-9,14-17,19,28H,10-13,18H2,(H,29,30). The topological polar surface area (TPSA) is 61.8 Å². The number of nitrogens with zero attached hydrogens (tertiary/aromatic N) is 4. The van der Waals surface area contributed by atoms with Gasteiger partial charge in [-0.15, -0.1) is 0 Å². The zero-order valence-electron chi connectivity index (χ0n) is 18.8. The predicted octanol–water partition coefficient (Wildman–Crippen LogP) is 5.05. The number of hydrogen-bond donors (Lipinski definition) is 2. The molecule has 170 valence electrons. The third-order valence-electron chi connectivity index (χ3n) is 6.16. The fourth-order valence-electron chi connectivity index (χ4n) is 4.35. The van der Waals surface area contributed by atoms with Crippen molar-refractivity contribution in [2.24, 2.45) is 0 Å². The second-order valence-corrected chi connectivity index (χ2v) is 9.70. The van der Waals surface area contributed by atoms with E-state index in [4.69, 9.17) is 4.98 Å². The molecule has 4 heterocycles. The maximum absolute atomic E-state index is 4.69. The van der Waals surface area contributed by atoms with E-state index in [0.29, 0.717) is 0 Å². The van der Waals surface area contributed by atoms with Gasteiger partial charge in [-0.1, -0.05) is 42.5 Å². The van der Waals surface area contributed by atoms with Crippen molar-refractivity contribution in [1.82, 2.24) is 29.4 Å². The molecular formula is C27H26N6S. The second kappa shape index (κ2) is 9.46. The van der Waals surface area contributed by atoms with Crippen molar-refractivity contribution in [3.63, 3.8) is 0 Å². The first kappa shape index (κ1) is 21.2. The SMILES string of the molecule is c1ccc(Cn2cc(-c3c[nH]c4ncc(-c5ccc(SN6CCNCC6)cc5)cc34)cn2)cc1. The smallest absolute Gasteiger partial charge is 0.137 e. The molecule has 1 aliphatic rings. The average Bonchev–Trinajstić information content (AvgIpc) is 3.52. The summed E-state index contributed by atoms with van der Waals surface area (Å²) in [6, 6.07) is 21.4. The van der Waals surface area contributed by atoms with Gasteiger partial charge in [0.1, 0.15) is 5.65 Å². The van der Waals surface area contributed by atoms with E-state index in [1.54, 1.807) is 0 Å². The molecule has 0 saturated carbocycles. The van der Waals surface area contributed by atoms with Gasteiger partial charge in [0.2, 0.25) is 0 Å². The molecule has 2 N–H and O–H groups in total. The first-order valence-corrected chi connectivity index (χ1v) is 12.4. The van der Waals surface area contributed by atoms with Gasteiger partial charge in [-0.05, 0) is 41.3 Å². The quantitative estimate of drug-likeness (QED) is 0.343. The Morgan fingerprint density at radius 3 is 2.53 bits per heavy atom. The molecule has 0 unspecified atom stereocenters. The number of pyridine rings is 1. The fraction of sp³-hybridized carbons (Fsp3) is 0.185. The summed E-state index contributed by atoms with van der Waals surface area (Å²) < 4.78 is 4.40. The van der Waals surface area contributed by atoms with Crippen LogP contribution >= 0.6 is 11.9 Å². The molecule has 34 heavy (non-hydrogen) atoms. The van der Waals surface area contributed by atoms with Crippen LogP contribution in [0.3, 0.4) is 0 Å². The summed E-state index contributed by atoms with van der Waals surface area (Å²) >= 11 is 1.84. The lowest BCUT2D eigenvalue weighted by Crippen LogP contribution is -2.39. The van der Waals surface area contributed by atoms with E-state index < -0.39 is 0 Å². The number of nitrogens with one attached hydrogen (secondary N) is 2. The molecule has 1 saturated heterocycles. The van der Waals surface area contributed by atoms with Crippen LogP contribution in [0.15, 0.2) is 90.3 Å². The van der Waals surface area contributed by atoms with Crippen LogP contribution in [0.2, 0.25) is 0 Å². The Morgan fingerprint density at radius 1 is 0.882 bits per heavy atom. The number of H-pyrrole nitrogens is 1. The Labute approximate surface area is 203 Å². The lowest BCUT2D eigenvalue weighted by Gasteiger charge is -2.25. The molecule has 6 nitrogen and oxygen atoms in total. The first-order valence-electron chi connectivity index (χ1n) is 11.6. The van der Waals surface area contributed by atoms with Crippen LogP contribution in [-0.4, -0.2) is 50.2 Å². The lowest BCUT2D eigenvalue weighted by molar-refractivity contribution is 0.396. The molecular weight excluding hydrogens is 440 g/mol. The van der Waals surface area contributed by atoms with E-state index >= 15 is 0 Å². The van der Waals surface area contributed by atoms with E-state index in [1.807, 2.05) is 41.3 Å². The maximum atomic E-state index is 4.69. The molecule has 0 radical (unpaired) electrons. The molecule has 7 heteroatoms. The van der Waals surface area contributed by atoms with Crippen molar-refractivity contribution in [3.05, 3.63) is 91.0 Å².